The molecule has 1 saturated heterocycles. The molecule has 4 aromatic rings. The highest BCUT2D eigenvalue weighted by atomic mass is 19.1. The summed E-state index contributed by atoms with van der Waals surface area (Å²) < 4.78 is 29.7. The zero-order valence-electron chi connectivity index (χ0n) is 16.4. The number of nitrogens with one attached hydrogen (secondary N) is 1. The second kappa shape index (κ2) is 7.75. The lowest BCUT2D eigenvalue weighted by atomic mass is 10.0. The summed E-state index contributed by atoms with van der Waals surface area (Å²) in [6.45, 7) is 0.646. The summed E-state index contributed by atoms with van der Waals surface area (Å²) in [5.74, 6) is -0.308. The lowest BCUT2D eigenvalue weighted by Gasteiger charge is -2.26. The maximum Gasteiger partial charge on any atom is 0.262 e. The third-order valence-electron chi connectivity index (χ3n) is 5.37. The Hall–Kier alpha value is -3.88. The average Bonchev–Trinajstić information content (AvgIpc) is 3.43. The standard InChI is InChI=1S/C22H18F2N6O/c23-14-6-7-17(24)15(12-14)18-4-3-10-29(18)20-8-11-30-21(28-20)16(13-26-30)22(31)27-19-5-1-2-9-25-19/h1-2,5-9,11-13,18H,3-4,10H2,(H,25,27,31). The number of aromatic nitrogens is 4. The van der Waals surface area contributed by atoms with E-state index >= 15 is 0 Å². The van der Waals surface area contributed by atoms with Crippen LogP contribution in [0, 0.1) is 11.6 Å². The van der Waals surface area contributed by atoms with Gasteiger partial charge in [-0.25, -0.2) is 23.3 Å². The van der Waals surface area contributed by atoms with Gasteiger partial charge in [0, 0.05) is 24.5 Å². The first-order valence-electron chi connectivity index (χ1n) is 9.88. The SMILES string of the molecule is O=C(Nc1ccccn1)c1cnn2ccc(N3CCCC3c3cc(F)ccc3F)nc12. The van der Waals surface area contributed by atoms with Crippen LogP contribution in [0.15, 0.2) is 61.1 Å². The van der Waals surface area contributed by atoms with Crippen LogP contribution in [0.25, 0.3) is 5.65 Å². The maximum absolute atomic E-state index is 14.4. The first-order chi connectivity index (χ1) is 15.1. The molecule has 1 N–H and O–H groups in total. The van der Waals surface area contributed by atoms with E-state index in [-0.39, 0.29) is 11.9 Å². The molecule has 0 saturated carbocycles. The summed E-state index contributed by atoms with van der Waals surface area (Å²) in [7, 11) is 0. The van der Waals surface area contributed by atoms with Gasteiger partial charge in [-0.15, -0.1) is 0 Å². The number of pyridine rings is 1. The highest BCUT2D eigenvalue weighted by molar-refractivity contribution is 6.07. The van der Waals surface area contributed by atoms with E-state index in [9.17, 15) is 13.6 Å². The molecule has 1 fully saturated rings. The van der Waals surface area contributed by atoms with Gasteiger partial charge in [-0.1, -0.05) is 6.07 Å². The predicted octanol–water partition coefficient (Wildman–Crippen LogP) is 4.00. The van der Waals surface area contributed by atoms with Gasteiger partial charge in [-0.2, -0.15) is 5.10 Å². The monoisotopic (exact) mass is 420 g/mol. The third-order valence-corrected chi connectivity index (χ3v) is 5.37. The van der Waals surface area contributed by atoms with Crippen LogP contribution in [0.2, 0.25) is 0 Å². The number of hydrogen-bond acceptors (Lipinski definition) is 5. The topological polar surface area (TPSA) is 75.4 Å². The first-order valence-corrected chi connectivity index (χ1v) is 9.88. The summed E-state index contributed by atoms with van der Waals surface area (Å²) in [5, 5.41) is 6.92. The Morgan fingerprint density at radius 2 is 2.06 bits per heavy atom. The van der Waals surface area contributed by atoms with E-state index in [1.807, 2.05) is 4.90 Å². The van der Waals surface area contributed by atoms with Crippen molar-refractivity contribution in [3.63, 3.8) is 0 Å². The molecule has 4 heterocycles. The molecular weight excluding hydrogens is 402 g/mol. The number of rotatable bonds is 4. The minimum atomic E-state index is -0.476. The van der Waals surface area contributed by atoms with E-state index in [2.05, 4.69) is 20.4 Å². The lowest BCUT2D eigenvalue weighted by molar-refractivity contribution is 0.102. The van der Waals surface area contributed by atoms with Crippen molar-refractivity contribution in [3.05, 3.63) is 83.8 Å². The Labute approximate surface area is 176 Å². The third kappa shape index (κ3) is 3.58. The van der Waals surface area contributed by atoms with Crippen LogP contribution < -0.4 is 10.2 Å². The van der Waals surface area contributed by atoms with Gasteiger partial charge in [-0.3, -0.25) is 4.79 Å². The number of carbonyl (C=O) groups excluding carboxylic acids is 1. The number of anilines is 2. The number of hydrogen-bond donors (Lipinski definition) is 1. The minimum Gasteiger partial charge on any atom is -0.349 e. The van der Waals surface area contributed by atoms with E-state index in [0.717, 1.165) is 18.6 Å². The zero-order chi connectivity index (χ0) is 21.4. The molecule has 156 valence electrons. The summed E-state index contributed by atoms with van der Waals surface area (Å²) in [6, 6.07) is 10.1. The van der Waals surface area contributed by atoms with Crippen LogP contribution >= 0.6 is 0 Å². The Morgan fingerprint density at radius 1 is 1.16 bits per heavy atom. The fourth-order valence-electron chi connectivity index (χ4n) is 3.93. The van der Waals surface area contributed by atoms with Gasteiger partial charge >= 0.3 is 0 Å². The smallest absolute Gasteiger partial charge is 0.262 e. The minimum absolute atomic E-state index is 0.292. The Balaban J connectivity index is 1.49. The van der Waals surface area contributed by atoms with Crippen LogP contribution in [0.3, 0.4) is 0 Å². The number of nitrogens with zero attached hydrogens (tertiary/aromatic N) is 5. The number of carbonyl (C=O) groups is 1. The molecule has 3 aromatic heterocycles. The molecule has 1 amide bonds. The number of amides is 1. The van der Waals surface area contributed by atoms with Crippen molar-refractivity contribution >= 4 is 23.2 Å². The molecule has 5 rings (SSSR count). The highest BCUT2D eigenvalue weighted by Crippen LogP contribution is 2.36. The van der Waals surface area contributed by atoms with Gasteiger partial charge in [-0.05, 0) is 49.2 Å². The van der Waals surface area contributed by atoms with E-state index in [4.69, 9.17) is 0 Å². The quantitative estimate of drug-likeness (QED) is 0.540. The molecular formula is C22H18F2N6O. The molecule has 1 unspecified atom stereocenters. The van der Waals surface area contributed by atoms with Crippen LogP contribution in [0.4, 0.5) is 20.4 Å². The molecule has 1 atom stereocenters. The van der Waals surface area contributed by atoms with Gasteiger partial charge in [0.15, 0.2) is 5.65 Å². The molecule has 0 bridgehead atoms. The van der Waals surface area contributed by atoms with Crippen LogP contribution in [0.1, 0.15) is 34.8 Å². The van der Waals surface area contributed by atoms with Crippen molar-refractivity contribution in [2.24, 2.45) is 0 Å². The molecule has 0 radical (unpaired) electrons. The number of fused-ring (bicyclic) bond motifs is 1. The maximum atomic E-state index is 14.4. The average molecular weight is 420 g/mol. The molecule has 1 aliphatic heterocycles. The van der Waals surface area contributed by atoms with Gasteiger partial charge in [0.1, 0.15) is 28.8 Å². The Morgan fingerprint density at radius 3 is 2.90 bits per heavy atom. The lowest BCUT2D eigenvalue weighted by Crippen LogP contribution is -2.24. The van der Waals surface area contributed by atoms with Crippen molar-refractivity contribution < 1.29 is 13.6 Å². The summed E-state index contributed by atoms with van der Waals surface area (Å²) in [4.78, 5) is 23.4. The van der Waals surface area contributed by atoms with Crippen molar-refractivity contribution in [2.45, 2.75) is 18.9 Å². The van der Waals surface area contributed by atoms with Crippen molar-refractivity contribution in [1.29, 1.82) is 0 Å². The van der Waals surface area contributed by atoms with Gasteiger partial charge < -0.3 is 10.2 Å². The molecule has 31 heavy (non-hydrogen) atoms. The highest BCUT2D eigenvalue weighted by Gasteiger charge is 2.30. The fourth-order valence-corrected chi connectivity index (χ4v) is 3.93. The van der Waals surface area contributed by atoms with Gasteiger partial charge in [0.25, 0.3) is 5.91 Å². The molecule has 1 aliphatic rings. The van der Waals surface area contributed by atoms with Crippen molar-refractivity contribution in [1.82, 2.24) is 19.6 Å². The first kappa shape index (κ1) is 19.1. The van der Waals surface area contributed by atoms with Crippen molar-refractivity contribution in [3.8, 4) is 0 Å². The predicted molar refractivity (Wildman–Crippen MR) is 111 cm³/mol. The second-order valence-electron chi connectivity index (χ2n) is 7.30. The molecule has 1 aromatic carbocycles. The molecule has 0 spiro atoms. The second-order valence-corrected chi connectivity index (χ2v) is 7.30. The summed E-state index contributed by atoms with van der Waals surface area (Å²) in [5.41, 5.74) is 0.970. The number of halogens is 2. The van der Waals surface area contributed by atoms with Gasteiger partial charge in [0.05, 0.1) is 12.2 Å². The molecule has 0 aliphatic carbocycles. The largest absolute Gasteiger partial charge is 0.349 e. The zero-order valence-corrected chi connectivity index (χ0v) is 16.4. The Kier molecular flexibility index (Phi) is 4.78. The van der Waals surface area contributed by atoms with Crippen LogP contribution in [-0.4, -0.2) is 32.0 Å². The van der Waals surface area contributed by atoms with Crippen LogP contribution in [0.5, 0.6) is 0 Å². The molecule has 9 heteroatoms. The fraction of sp³-hybridized carbons (Fsp3) is 0.182. The van der Waals surface area contributed by atoms with E-state index in [1.54, 1.807) is 36.7 Å². The van der Waals surface area contributed by atoms with E-state index < -0.39 is 11.6 Å². The van der Waals surface area contributed by atoms with E-state index in [1.165, 1.54) is 16.8 Å². The van der Waals surface area contributed by atoms with Crippen LogP contribution in [-0.2, 0) is 0 Å². The van der Waals surface area contributed by atoms with Crippen molar-refractivity contribution in [2.75, 3.05) is 16.8 Å². The van der Waals surface area contributed by atoms with E-state index in [0.29, 0.717) is 41.4 Å². The number of benzene rings is 1. The normalized spacial score (nSPS) is 16.1. The Bertz CT molecular complexity index is 1260. The van der Waals surface area contributed by atoms with Gasteiger partial charge in [0.2, 0.25) is 0 Å². The molecule has 7 nitrogen and oxygen atoms in total. The summed E-state index contributed by atoms with van der Waals surface area (Å²) >= 11 is 0. The summed E-state index contributed by atoms with van der Waals surface area (Å²) in [6.07, 6.45) is 6.23.